The third-order valence-corrected chi connectivity index (χ3v) is 4.29. The Hall–Kier alpha value is -1.58. The summed E-state index contributed by atoms with van der Waals surface area (Å²) in [6.07, 6.45) is 5.32. The summed E-state index contributed by atoms with van der Waals surface area (Å²) in [6.45, 7) is 16.8. The van der Waals surface area contributed by atoms with Crippen LogP contribution in [0.4, 0.5) is 0 Å². The molecule has 1 aliphatic heterocycles. The van der Waals surface area contributed by atoms with E-state index < -0.39 is 0 Å². The highest BCUT2D eigenvalue weighted by Gasteiger charge is 2.06. The number of hydrogen-bond donors (Lipinski definition) is 2. The van der Waals surface area contributed by atoms with Crippen LogP contribution in [0.5, 0.6) is 0 Å². The molecule has 1 aromatic rings. The van der Waals surface area contributed by atoms with Crippen molar-refractivity contribution < 1.29 is 0 Å². The van der Waals surface area contributed by atoms with Crippen LogP contribution in [0.25, 0.3) is 0 Å². The van der Waals surface area contributed by atoms with E-state index in [0.29, 0.717) is 5.92 Å². The van der Waals surface area contributed by atoms with Gasteiger partial charge in [0.25, 0.3) is 0 Å². The number of nitrogens with one attached hydrogen (secondary N) is 2. The number of likely N-dealkylation sites (N-methyl/N-ethyl adjacent to an activating group) is 1. The van der Waals surface area contributed by atoms with Gasteiger partial charge in [-0.1, -0.05) is 50.3 Å². The molecule has 0 aromatic heterocycles. The van der Waals surface area contributed by atoms with Gasteiger partial charge in [-0.25, -0.2) is 0 Å². The summed E-state index contributed by atoms with van der Waals surface area (Å²) in [4.78, 5) is 2.39. The number of nitrogens with zero attached hydrogens (tertiary/aromatic N) is 1. The molecular formula is C22H39N3. The Morgan fingerprint density at radius 3 is 2.16 bits per heavy atom. The molecule has 2 rings (SSSR count). The van der Waals surface area contributed by atoms with E-state index in [0.717, 1.165) is 25.2 Å². The van der Waals surface area contributed by atoms with Crippen molar-refractivity contribution in [3.05, 3.63) is 61.3 Å². The summed E-state index contributed by atoms with van der Waals surface area (Å²) in [5, 5.41) is 6.45. The Balaban J connectivity index is 0.000000530. The predicted octanol–water partition coefficient (Wildman–Crippen LogP) is 4.09. The first kappa shape index (κ1) is 23.4. The molecule has 1 fully saturated rings. The number of hydrogen-bond acceptors (Lipinski definition) is 3. The fourth-order valence-electron chi connectivity index (χ4n) is 2.67. The minimum Gasteiger partial charge on any atom is -0.387 e. The maximum Gasteiger partial charge on any atom is 0.0269 e. The normalized spacial score (nSPS) is 15.0. The number of benzene rings is 1. The molecule has 0 amide bonds. The Labute approximate surface area is 156 Å². The van der Waals surface area contributed by atoms with Gasteiger partial charge in [-0.3, -0.25) is 0 Å². The van der Waals surface area contributed by atoms with Crippen molar-refractivity contribution in [2.24, 2.45) is 5.92 Å². The molecule has 1 saturated heterocycles. The van der Waals surface area contributed by atoms with Crippen molar-refractivity contribution in [1.82, 2.24) is 15.5 Å². The minimum absolute atomic E-state index is 0.472. The summed E-state index contributed by atoms with van der Waals surface area (Å²) in [5.74, 6) is 0.472. The molecule has 142 valence electrons. The molecule has 3 heteroatoms. The number of allylic oxidation sites excluding steroid dienone is 1. The standard InChI is InChI=1S/C14H22N2.C6H13N.C2H4/c1-12(13(2)16-10-9-15-3)11-14-7-5-4-6-8-14;1-7-5-3-2-4-6-7;1-2/h4-8,12,15-16H,2,9-11H2,1,3H3;2-6H2,1H3;1-2H2. The van der Waals surface area contributed by atoms with E-state index >= 15 is 0 Å². The molecule has 1 aliphatic rings. The maximum atomic E-state index is 4.08. The lowest BCUT2D eigenvalue weighted by Gasteiger charge is -2.20. The fraction of sp³-hybridized carbons (Fsp3) is 0.545. The summed E-state index contributed by atoms with van der Waals surface area (Å²) in [7, 11) is 4.15. The molecule has 0 spiro atoms. The Morgan fingerprint density at radius 1 is 1.08 bits per heavy atom. The van der Waals surface area contributed by atoms with E-state index in [1.54, 1.807) is 0 Å². The fourth-order valence-corrected chi connectivity index (χ4v) is 2.67. The van der Waals surface area contributed by atoms with E-state index in [4.69, 9.17) is 0 Å². The van der Waals surface area contributed by atoms with Gasteiger partial charge < -0.3 is 15.5 Å². The van der Waals surface area contributed by atoms with Crippen molar-refractivity contribution in [3.63, 3.8) is 0 Å². The van der Waals surface area contributed by atoms with Crippen molar-refractivity contribution in [3.8, 4) is 0 Å². The zero-order valence-corrected chi connectivity index (χ0v) is 16.7. The summed E-state index contributed by atoms with van der Waals surface area (Å²) < 4.78 is 0. The first-order chi connectivity index (χ1) is 12.1. The molecule has 1 atom stereocenters. The van der Waals surface area contributed by atoms with Gasteiger partial charge in [0.05, 0.1) is 0 Å². The molecule has 1 heterocycles. The highest BCUT2D eigenvalue weighted by molar-refractivity contribution is 5.17. The molecule has 2 N–H and O–H groups in total. The summed E-state index contributed by atoms with van der Waals surface area (Å²) in [6, 6.07) is 10.5. The molecule has 0 radical (unpaired) electrons. The van der Waals surface area contributed by atoms with Gasteiger partial charge in [-0.05, 0) is 57.9 Å². The summed E-state index contributed by atoms with van der Waals surface area (Å²) >= 11 is 0. The second-order valence-electron chi connectivity index (χ2n) is 6.51. The first-order valence-electron chi connectivity index (χ1n) is 9.43. The molecule has 25 heavy (non-hydrogen) atoms. The van der Waals surface area contributed by atoms with Crippen LogP contribution >= 0.6 is 0 Å². The van der Waals surface area contributed by atoms with E-state index in [2.05, 4.69) is 73.5 Å². The van der Waals surface area contributed by atoms with Crippen LogP contribution < -0.4 is 10.6 Å². The topological polar surface area (TPSA) is 27.3 Å². The predicted molar refractivity (Wildman–Crippen MR) is 113 cm³/mol. The van der Waals surface area contributed by atoms with Crippen LogP contribution in [-0.4, -0.2) is 45.2 Å². The third-order valence-electron chi connectivity index (χ3n) is 4.29. The monoisotopic (exact) mass is 345 g/mol. The van der Waals surface area contributed by atoms with E-state index in [-0.39, 0.29) is 0 Å². The number of piperidine rings is 1. The molecular weight excluding hydrogens is 306 g/mol. The van der Waals surface area contributed by atoms with Crippen molar-refractivity contribution in [2.45, 2.75) is 32.6 Å². The van der Waals surface area contributed by atoms with Crippen LogP contribution in [0.15, 0.2) is 55.8 Å². The van der Waals surface area contributed by atoms with Gasteiger partial charge in [-0.2, -0.15) is 0 Å². The van der Waals surface area contributed by atoms with Crippen molar-refractivity contribution in [2.75, 3.05) is 40.3 Å². The number of likely N-dealkylation sites (tertiary alicyclic amines) is 1. The van der Waals surface area contributed by atoms with Crippen LogP contribution in [-0.2, 0) is 6.42 Å². The smallest absolute Gasteiger partial charge is 0.0269 e. The Bertz CT molecular complexity index is 424. The quantitative estimate of drug-likeness (QED) is 0.576. The molecule has 3 nitrogen and oxygen atoms in total. The second-order valence-corrected chi connectivity index (χ2v) is 6.51. The highest BCUT2D eigenvalue weighted by atomic mass is 15.1. The lowest BCUT2D eigenvalue weighted by Crippen LogP contribution is -2.27. The molecule has 0 bridgehead atoms. The average Bonchev–Trinajstić information content (AvgIpc) is 2.65. The third kappa shape index (κ3) is 12.4. The van der Waals surface area contributed by atoms with E-state index in [1.807, 2.05) is 13.1 Å². The van der Waals surface area contributed by atoms with Gasteiger partial charge in [0.15, 0.2) is 0 Å². The van der Waals surface area contributed by atoms with Crippen LogP contribution in [0.3, 0.4) is 0 Å². The number of rotatable bonds is 7. The van der Waals surface area contributed by atoms with E-state index in [1.165, 1.54) is 37.9 Å². The molecule has 1 unspecified atom stereocenters. The average molecular weight is 346 g/mol. The zero-order valence-electron chi connectivity index (χ0n) is 16.7. The summed E-state index contributed by atoms with van der Waals surface area (Å²) in [5.41, 5.74) is 2.49. The zero-order chi connectivity index (χ0) is 18.9. The van der Waals surface area contributed by atoms with Crippen LogP contribution in [0.2, 0.25) is 0 Å². The lowest BCUT2D eigenvalue weighted by molar-refractivity contribution is 0.277. The van der Waals surface area contributed by atoms with Crippen molar-refractivity contribution >= 4 is 0 Å². The van der Waals surface area contributed by atoms with Gasteiger partial charge in [-0.15, -0.1) is 13.2 Å². The molecule has 0 aliphatic carbocycles. The van der Waals surface area contributed by atoms with Gasteiger partial charge in [0.2, 0.25) is 0 Å². The lowest BCUT2D eigenvalue weighted by atomic mass is 9.99. The molecule has 0 saturated carbocycles. The largest absolute Gasteiger partial charge is 0.387 e. The Morgan fingerprint density at radius 2 is 1.68 bits per heavy atom. The highest BCUT2D eigenvalue weighted by Crippen LogP contribution is 2.13. The second kappa shape index (κ2) is 15.9. The maximum absolute atomic E-state index is 4.08. The van der Waals surface area contributed by atoms with E-state index in [9.17, 15) is 0 Å². The minimum atomic E-state index is 0.472. The SMILES string of the molecule is C=C.C=C(NCCNC)C(C)Cc1ccccc1.CN1CCCCC1. The van der Waals surface area contributed by atoms with Gasteiger partial charge >= 0.3 is 0 Å². The van der Waals surface area contributed by atoms with Crippen molar-refractivity contribution in [1.29, 1.82) is 0 Å². The van der Waals surface area contributed by atoms with Gasteiger partial charge in [0.1, 0.15) is 0 Å². The van der Waals surface area contributed by atoms with Crippen LogP contribution in [0, 0.1) is 5.92 Å². The van der Waals surface area contributed by atoms with Crippen LogP contribution in [0.1, 0.15) is 31.7 Å². The molecule has 1 aromatic carbocycles. The first-order valence-corrected chi connectivity index (χ1v) is 9.43. The Kier molecular flexibility index (Phi) is 14.9. The van der Waals surface area contributed by atoms with Gasteiger partial charge in [0, 0.05) is 18.8 Å².